The largest absolute Gasteiger partial charge is 0.522 e. The normalized spacial score (nSPS) is 26.1. The number of nitrogens with zero attached hydrogens (tertiary/aromatic N) is 2. The Kier molecular flexibility index (Phi) is 7.16. The monoisotopic (exact) mass is 529 g/mol. The van der Waals surface area contributed by atoms with E-state index in [0.29, 0.717) is 0 Å². The third-order valence-corrected chi connectivity index (χ3v) is 5.81. The summed E-state index contributed by atoms with van der Waals surface area (Å²) < 4.78 is 99.1. The lowest BCUT2D eigenvalue weighted by molar-refractivity contribution is -0.352. The Bertz CT molecular complexity index is 1060. The van der Waals surface area contributed by atoms with E-state index in [0.717, 1.165) is 6.07 Å². The van der Waals surface area contributed by atoms with E-state index in [1.165, 1.54) is 12.1 Å². The maximum absolute atomic E-state index is 14.7. The number of benzene rings is 1. The molecule has 4 rings (SSSR count). The van der Waals surface area contributed by atoms with E-state index in [4.69, 9.17) is 25.5 Å². The molecule has 0 bridgehead atoms. The first kappa shape index (κ1) is 25.5. The Hall–Kier alpha value is -2.58. The van der Waals surface area contributed by atoms with Crippen LogP contribution in [0.3, 0.4) is 0 Å². The van der Waals surface area contributed by atoms with Crippen molar-refractivity contribution in [2.75, 3.05) is 13.2 Å². The van der Waals surface area contributed by atoms with E-state index in [1.54, 1.807) is 0 Å². The molecule has 8 nitrogen and oxygen atoms in total. The highest BCUT2D eigenvalue weighted by atomic mass is 35.5. The summed E-state index contributed by atoms with van der Waals surface area (Å²) in [5.41, 5.74) is 0. The minimum absolute atomic E-state index is 0.00165. The van der Waals surface area contributed by atoms with Gasteiger partial charge in [0.2, 0.25) is 11.8 Å². The number of nitrogens with one attached hydrogen (secondary N) is 1. The second kappa shape index (κ2) is 9.82. The molecule has 1 aromatic heterocycles. The molecule has 1 aliphatic heterocycles. The van der Waals surface area contributed by atoms with E-state index in [-0.39, 0.29) is 35.4 Å². The van der Waals surface area contributed by atoms with Crippen LogP contribution in [0.25, 0.3) is 0 Å². The van der Waals surface area contributed by atoms with Crippen molar-refractivity contribution in [2.45, 2.75) is 55.7 Å². The first-order valence-corrected chi connectivity index (χ1v) is 10.7. The Balaban J connectivity index is 1.26. The summed E-state index contributed by atoms with van der Waals surface area (Å²) >= 11 is 5.55. The van der Waals surface area contributed by atoms with Gasteiger partial charge in [0.1, 0.15) is 23.7 Å². The van der Waals surface area contributed by atoms with Crippen LogP contribution in [0.2, 0.25) is 5.02 Å². The van der Waals surface area contributed by atoms with Crippen molar-refractivity contribution < 1.29 is 49.8 Å². The summed E-state index contributed by atoms with van der Waals surface area (Å²) in [6, 6.07) is 1.80. The minimum Gasteiger partial charge on any atom is -0.484 e. The highest BCUT2D eigenvalue weighted by Gasteiger charge is 2.49. The molecule has 0 spiro atoms. The van der Waals surface area contributed by atoms with Crippen LogP contribution in [0.1, 0.15) is 43.1 Å². The van der Waals surface area contributed by atoms with Crippen molar-refractivity contribution in [1.82, 2.24) is 15.5 Å². The molecule has 2 fully saturated rings. The predicted octanol–water partition coefficient (Wildman–Crippen LogP) is 4.31. The quantitative estimate of drug-likeness (QED) is 0.534. The summed E-state index contributed by atoms with van der Waals surface area (Å²) in [4.78, 5) is 12.0. The van der Waals surface area contributed by atoms with E-state index in [9.17, 15) is 31.1 Å². The highest BCUT2D eigenvalue weighted by molar-refractivity contribution is 6.30. The van der Waals surface area contributed by atoms with E-state index < -0.39 is 67.8 Å². The van der Waals surface area contributed by atoms with Crippen molar-refractivity contribution in [3.63, 3.8) is 0 Å². The zero-order valence-electron chi connectivity index (χ0n) is 17.7. The first-order chi connectivity index (χ1) is 16.4. The van der Waals surface area contributed by atoms with Gasteiger partial charge in [0, 0.05) is 18.4 Å². The molecule has 0 radical (unpaired) electrons. The van der Waals surface area contributed by atoms with Gasteiger partial charge in [0.15, 0.2) is 6.61 Å². The summed E-state index contributed by atoms with van der Waals surface area (Å²) in [7, 11) is 0. The molecule has 1 aromatic carbocycles. The Morgan fingerprint density at radius 2 is 1.94 bits per heavy atom. The lowest BCUT2D eigenvalue weighted by Crippen LogP contribution is -2.55. The zero-order valence-corrected chi connectivity index (χ0v) is 18.4. The van der Waals surface area contributed by atoms with Gasteiger partial charge in [0.25, 0.3) is 11.8 Å². The van der Waals surface area contributed by atoms with Crippen molar-refractivity contribution in [1.29, 1.82) is 0 Å². The molecule has 1 amide bonds. The number of hydrogen-bond donors (Lipinski definition) is 1. The molecule has 2 aliphatic rings. The summed E-state index contributed by atoms with van der Waals surface area (Å²) in [6.07, 6.45) is -7.92. The van der Waals surface area contributed by atoms with Crippen LogP contribution in [0.5, 0.6) is 5.75 Å². The van der Waals surface area contributed by atoms with Gasteiger partial charge in [0.05, 0.1) is 17.7 Å². The number of halogens is 7. The number of aromatic nitrogens is 2. The third kappa shape index (κ3) is 6.35. The van der Waals surface area contributed by atoms with Crippen LogP contribution in [0.4, 0.5) is 26.3 Å². The fraction of sp³-hybridized carbons (Fsp3) is 0.550. The summed E-state index contributed by atoms with van der Waals surface area (Å²) in [6.45, 7) is -1.23. The number of carbonyl (C=O) groups excluding carboxylic acids is 1. The Morgan fingerprint density at radius 3 is 2.60 bits per heavy atom. The van der Waals surface area contributed by atoms with Gasteiger partial charge >= 0.3 is 6.36 Å². The number of ether oxygens (including phenoxy) is 3. The van der Waals surface area contributed by atoms with Crippen molar-refractivity contribution in [2.24, 2.45) is 0 Å². The van der Waals surface area contributed by atoms with E-state index in [1.807, 2.05) is 0 Å². The van der Waals surface area contributed by atoms with Gasteiger partial charge < -0.3 is 19.2 Å². The van der Waals surface area contributed by atoms with Gasteiger partial charge in [-0.15, -0.1) is 23.4 Å². The third-order valence-electron chi connectivity index (χ3n) is 5.50. The smallest absolute Gasteiger partial charge is 0.484 e. The van der Waals surface area contributed by atoms with Gasteiger partial charge in [-0.25, -0.2) is 13.2 Å². The number of rotatable bonds is 7. The summed E-state index contributed by atoms with van der Waals surface area (Å²) in [5.74, 6) is -5.77. The van der Waals surface area contributed by atoms with E-state index >= 15 is 0 Å². The van der Waals surface area contributed by atoms with Crippen LogP contribution in [0, 0.1) is 5.82 Å². The van der Waals surface area contributed by atoms with Crippen molar-refractivity contribution in [3.05, 3.63) is 40.8 Å². The fourth-order valence-corrected chi connectivity index (χ4v) is 3.75. The second-order valence-electron chi connectivity index (χ2n) is 8.10. The van der Waals surface area contributed by atoms with E-state index in [2.05, 4.69) is 20.3 Å². The van der Waals surface area contributed by atoms with Crippen molar-refractivity contribution >= 4 is 17.5 Å². The summed E-state index contributed by atoms with van der Waals surface area (Å²) in [5, 5.41) is 9.38. The highest BCUT2D eigenvalue weighted by Crippen LogP contribution is 2.42. The van der Waals surface area contributed by atoms with Crippen LogP contribution in [-0.2, 0) is 14.3 Å². The predicted molar refractivity (Wildman–Crippen MR) is 104 cm³/mol. The van der Waals surface area contributed by atoms with Crippen LogP contribution < -0.4 is 10.1 Å². The molecule has 15 heteroatoms. The fourth-order valence-electron chi connectivity index (χ4n) is 3.63. The topological polar surface area (TPSA) is 95.7 Å². The van der Waals surface area contributed by atoms with Crippen molar-refractivity contribution in [3.8, 4) is 5.75 Å². The molecule has 1 N–H and O–H groups in total. The second-order valence-corrected chi connectivity index (χ2v) is 8.51. The lowest BCUT2D eigenvalue weighted by Gasteiger charge is -2.35. The molecular weight excluding hydrogens is 512 g/mol. The maximum atomic E-state index is 14.7. The molecule has 192 valence electrons. The Labute approximate surface area is 198 Å². The SMILES string of the molecule is O=C(COc1ccc(Cl)c(F)c1)N[C@@H]1CO[C@@H](c2nnc([C@H]3C[C@@H](OC(F)(F)F)C3)o2)CC1(F)F. The number of carbonyl (C=O) groups is 1. The molecule has 0 unspecified atom stereocenters. The molecule has 2 aromatic rings. The molecule has 2 heterocycles. The first-order valence-electron chi connectivity index (χ1n) is 10.3. The molecule has 2 atom stereocenters. The molecule has 1 saturated heterocycles. The Morgan fingerprint density at radius 1 is 1.23 bits per heavy atom. The van der Waals surface area contributed by atoms with Gasteiger partial charge in [-0.3, -0.25) is 9.53 Å². The van der Waals surface area contributed by atoms with Gasteiger partial charge in [-0.1, -0.05) is 11.6 Å². The average molecular weight is 530 g/mol. The van der Waals surface area contributed by atoms with Crippen LogP contribution in [-0.4, -0.2) is 53.7 Å². The zero-order chi connectivity index (χ0) is 25.4. The maximum Gasteiger partial charge on any atom is 0.522 e. The number of hydrogen-bond acceptors (Lipinski definition) is 7. The van der Waals surface area contributed by atoms with Crippen LogP contribution >= 0.6 is 11.6 Å². The van der Waals surface area contributed by atoms with Gasteiger partial charge in [-0.2, -0.15) is 0 Å². The van der Waals surface area contributed by atoms with Crippen LogP contribution in [0.15, 0.2) is 22.6 Å². The molecule has 1 aliphatic carbocycles. The van der Waals surface area contributed by atoms with Gasteiger partial charge in [-0.05, 0) is 25.0 Å². The lowest BCUT2D eigenvalue weighted by atomic mass is 9.82. The molecular formula is C20H18ClF6N3O5. The number of alkyl halides is 5. The molecule has 1 saturated carbocycles. The minimum atomic E-state index is -4.75. The standard InChI is InChI=1S/C20H18ClF6N3O5/c21-12-2-1-10(5-13(12)22)32-8-16(31)28-15-7-33-14(6-19(15,23)24)18-30-29-17(34-18)9-3-11(4-9)35-20(25,26)27/h1-2,5,9,11,14-15H,3-4,6-8H2,(H,28,31)/t9-,11+,14-,15-/m1/s1. The molecule has 35 heavy (non-hydrogen) atoms. The average Bonchev–Trinajstić information content (AvgIpc) is 3.21. The number of amides is 1.